The molecule has 0 bridgehead atoms. The van der Waals surface area contributed by atoms with Crippen LogP contribution in [0.5, 0.6) is 0 Å². The molecule has 0 saturated heterocycles. The zero-order valence-corrected chi connectivity index (χ0v) is 16.0. The van der Waals surface area contributed by atoms with Crippen LogP contribution in [-0.2, 0) is 6.54 Å². The second-order valence-corrected chi connectivity index (χ2v) is 7.52. The number of benzene rings is 1. The van der Waals surface area contributed by atoms with Crippen LogP contribution in [-0.4, -0.2) is 14.5 Å². The summed E-state index contributed by atoms with van der Waals surface area (Å²) >= 11 is 2.70. The van der Waals surface area contributed by atoms with E-state index in [-0.39, 0.29) is 5.56 Å². The standard InChI is InChI=1S/C20H14N4OS2/c1-2-24-19(25)16-15(13-7-4-3-5-8-13)12-26-18(16)23-20(24)27-17-14(11-21)9-6-10-22-17/h3-10,12H,2H2,1H3. The van der Waals surface area contributed by atoms with Crippen LogP contribution in [0, 0.1) is 11.3 Å². The Morgan fingerprint density at radius 3 is 2.78 bits per heavy atom. The Labute approximate surface area is 164 Å². The molecule has 0 N–H and O–H groups in total. The second kappa shape index (κ2) is 7.35. The van der Waals surface area contributed by atoms with E-state index in [0.29, 0.717) is 32.5 Å². The van der Waals surface area contributed by atoms with Gasteiger partial charge in [-0.05, 0) is 36.4 Å². The van der Waals surface area contributed by atoms with Gasteiger partial charge in [-0.3, -0.25) is 9.36 Å². The molecule has 27 heavy (non-hydrogen) atoms. The highest BCUT2D eigenvalue weighted by molar-refractivity contribution is 7.99. The summed E-state index contributed by atoms with van der Waals surface area (Å²) in [6.07, 6.45) is 1.63. The summed E-state index contributed by atoms with van der Waals surface area (Å²) in [5, 5.41) is 13.0. The molecular formula is C20H14N4OS2. The minimum atomic E-state index is -0.0699. The Hall–Kier alpha value is -2.95. The lowest BCUT2D eigenvalue weighted by Gasteiger charge is -2.10. The average molecular weight is 390 g/mol. The van der Waals surface area contributed by atoms with Gasteiger partial charge in [0, 0.05) is 23.7 Å². The predicted octanol–water partition coefficient (Wildman–Crippen LogP) is 4.56. The number of hydrogen-bond donors (Lipinski definition) is 0. The van der Waals surface area contributed by atoms with Gasteiger partial charge < -0.3 is 0 Å². The third kappa shape index (κ3) is 3.14. The predicted molar refractivity (Wildman–Crippen MR) is 108 cm³/mol. The summed E-state index contributed by atoms with van der Waals surface area (Å²) in [5.74, 6) is 0. The molecule has 4 aromatic rings. The Balaban J connectivity index is 1.89. The van der Waals surface area contributed by atoms with Crippen molar-refractivity contribution in [3.63, 3.8) is 0 Å². The highest BCUT2D eigenvalue weighted by Crippen LogP contribution is 2.33. The minimum Gasteiger partial charge on any atom is -0.287 e. The number of hydrogen-bond acceptors (Lipinski definition) is 6. The fourth-order valence-corrected chi connectivity index (χ4v) is 4.80. The zero-order chi connectivity index (χ0) is 18.8. The van der Waals surface area contributed by atoms with E-state index in [1.54, 1.807) is 22.9 Å². The second-order valence-electron chi connectivity index (χ2n) is 5.71. The molecule has 3 aromatic heterocycles. The number of rotatable bonds is 4. The van der Waals surface area contributed by atoms with Crippen molar-refractivity contribution in [3.05, 3.63) is 70.0 Å². The van der Waals surface area contributed by atoms with Crippen molar-refractivity contribution in [3.8, 4) is 17.2 Å². The van der Waals surface area contributed by atoms with Crippen LogP contribution < -0.4 is 5.56 Å². The molecule has 1 aromatic carbocycles. The number of thiophene rings is 1. The summed E-state index contributed by atoms with van der Waals surface area (Å²) in [6, 6.07) is 15.4. The van der Waals surface area contributed by atoms with E-state index in [4.69, 9.17) is 4.98 Å². The molecule has 5 nitrogen and oxygen atoms in total. The summed E-state index contributed by atoms with van der Waals surface area (Å²) in [6.45, 7) is 2.40. The first kappa shape index (κ1) is 17.5. The molecule has 7 heteroatoms. The zero-order valence-electron chi connectivity index (χ0n) is 14.4. The van der Waals surface area contributed by atoms with E-state index in [1.165, 1.54) is 23.1 Å². The lowest BCUT2D eigenvalue weighted by Crippen LogP contribution is -2.22. The first-order valence-electron chi connectivity index (χ1n) is 8.33. The van der Waals surface area contributed by atoms with Gasteiger partial charge in [0.1, 0.15) is 15.9 Å². The molecule has 0 fully saturated rings. The molecule has 0 amide bonds. The molecule has 0 atom stereocenters. The van der Waals surface area contributed by atoms with Gasteiger partial charge in [-0.15, -0.1) is 11.3 Å². The van der Waals surface area contributed by atoms with Crippen LogP contribution in [0.25, 0.3) is 21.3 Å². The van der Waals surface area contributed by atoms with Gasteiger partial charge in [0.15, 0.2) is 5.16 Å². The number of nitriles is 1. The first-order chi connectivity index (χ1) is 13.2. The number of fused-ring (bicyclic) bond motifs is 1. The van der Waals surface area contributed by atoms with Gasteiger partial charge in [-0.25, -0.2) is 9.97 Å². The van der Waals surface area contributed by atoms with Crippen molar-refractivity contribution in [2.24, 2.45) is 0 Å². The van der Waals surface area contributed by atoms with Crippen molar-refractivity contribution in [2.75, 3.05) is 0 Å². The Morgan fingerprint density at radius 1 is 1.22 bits per heavy atom. The normalized spacial score (nSPS) is 10.8. The van der Waals surface area contributed by atoms with E-state index in [0.717, 1.165) is 11.1 Å². The van der Waals surface area contributed by atoms with Gasteiger partial charge in [0.05, 0.1) is 10.9 Å². The van der Waals surface area contributed by atoms with Gasteiger partial charge >= 0.3 is 0 Å². The molecule has 0 aliphatic heterocycles. The fourth-order valence-electron chi connectivity index (χ4n) is 2.84. The van der Waals surface area contributed by atoms with E-state index < -0.39 is 0 Å². The largest absolute Gasteiger partial charge is 0.287 e. The number of pyridine rings is 1. The SMILES string of the molecule is CCn1c(Sc2ncccc2C#N)nc2scc(-c3ccccc3)c2c1=O. The fraction of sp³-hybridized carbons (Fsp3) is 0.100. The lowest BCUT2D eigenvalue weighted by atomic mass is 10.1. The van der Waals surface area contributed by atoms with Crippen LogP contribution in [0.3, 0.4) is 0 Å². The molecule has 4 rings (SSSR count). The van der Waals surface area contributed by atoms with Crippen molar-refractivity contribution in [2.45, 2.75) is 23.7 Å². The van der Waals surface area contributed by atoms with Gasteiger partial charge in [-0.1, -0.05) is 30.3 Å². The van der Waals surface area contributed by atoms with E-state index in [1.807, 2.05) is 42.6 Å². The summed E-state index contributed by atoms with van der Waals surface area (Å²) < 4.78 is 1.64. The summed E-state index contributed by atoms with van der Waals surface area (Å²) in [7, 11) is 0. The Morgan fingerprint density at radius 2 is 2.04 bits per heavy atom. The summed E-state index contributed by atoms with van der Waals surface area (Å²) in [4.78, 5) is 22.9. The first-order valence-corrected chi connectivity index (χ1v) is 10.0. The smallest absolute Gasteiger partial charge is 0.263 e. The van der Waals surface area contributed by atoms with Crippen LogP contribution in [0.4, 0.5) is 0 Å². The highest BCUT2D eigenvalue weighted by Gasteiger charge is 2.18. The van der Waals surface area contributed by atoms with Gasteiger partial charge in [0.2, 0.25) is 0 Å². The quantitative estimate of drug-likeness (QED) is 0.478. The van der Waals surface area contributed by atoms with Gasteiger partial charge in [0.25, 0.3) is 5.56 Å². The highest BCUT2D eigenvalue weighted by atomic mass is 32.2. The van der Waals surface area contributed by atoms with Crippen LogP contribution in [0.1, 0.15) is 12.5 Å². The Bertz CT molecular complexity index is 1220. The molecule has 0 radical (unpaired) electrons. The maximum Gasteiger partial charge on any atom is 0.263 e. The molecule has 132 valence electrons. The van der Waals surface area contributed by atoms with Crippen molar-refractivity contribution >= 4 is 33.3 Å². The van der Waals surface area contributed by atoms with Crippen LogP contribution in [0.15, 0.2) is 69.0 Å². The van der Waals surface area contributed by atoms with E-state index >= 15 is 0 Å². The van der Waals surface area contributed by atoms with Crippen LogP contribution in [0.2, 0.25) is 0 Å². The molecule has 0 aliphatic carbocycles. The number of aromatic nitrogens is 3. The van der Waals surface area contributed by atoms with Gasteiger partial charge in [-0.2, -0.15) is 5.26 Å². The van der Waals surface area contributed by atoms with Crippen molar-refractivity contribution < 1.29 is 0 Å². The van der Waals surface area contributed by atoms with Crippen LogP contribution >= 0.6 is 23.1 Å². The summed E-state index contributed by atoms with van der Waals surface area (Å²) in [5.41, 5.74) is 2.31. The number of nitrogens with zero attached hydrogens (tertiary/aromatic N) is 4. The maximum absolute atomic E-state index is 13.2. The lowest BCUT2D eigenvalue weighted by molar-refractivity contribution is 0.635. The van der Waals surface area contributed by atoms with E-state index in [9.17, 15) is 10.1 Å². The topological polar surface area (TPSA) is 71.6 Å². The molecule has 0 saturated carbocycles. The average Bonchev–Trinajstić information content (AvgIpc) is 3.13. The molecule has 0 aliphatic rings. The van der Waals surface area contributed by atoms with Crippen molar-refractivity contribution in [1.82, 2.24) is 14.5 Å². The molecule has 0 unspecified atom stereocenters. The van der Waals surface area contributed by atoms with Crippen molar-refractivity contribution in [1.29, 1.82) is 5.26 Å². The third-order valence-electron chi connectivity index (χ3n) is 4.14. The molecule has 0 spiro atoms. The Kier molecular flexibility index (Phi) is 4.75. The maximum atomic E-state index is 13.2. The third-order valence-corrected chi connectivity index (χ3v) is 6.02. The molecule has 3 heterocycles. The van der Waals surface area contributed by atoms with E-state index in [2.05, 4.69) is 11.1 Å². The minimum absolute atomic E-state index is 0.0699. The monoisotopic (exact) mass is 390 g/mol. The molecular weight excluding hydrogens is 376 g/mol.